The summed E-state index contributed by atoms with van der Waals surface area (Å²) in [4.78, 5) is 24.7. The Balaban J connectivity index is 2.10. The molecule has 0 spiro atoms. The van der Waals surface area contributed by atoms with Crippen molar-refractivity contribution in [3.8, 4) is 0 Å². The molecule has 0 heterocycles. The molecule has 0 N–H and O–H groups in total. The van der Waals surface area contributed by atoms with E-state index in [1.165, 1.54) is 89.9 Å². The third kappa shape index (κ3) is 17.4. The smallest absolute Gasteiger partial charge is 0.306 e. The molecule has 1 saturated carbocycles. The Hall–Kier alpha value is -1.06. The van der Waals surface area contributed by atoms with Crippen LogP contribution in [0.1, 0.15) is 168 Å². The Kier molecular flexibility index (Phi) is 20.4. The predicted molar refractivity (Wildman–Crippen MR) is 142 cm³/mol. The molecule has 0 aromatic heterocycles. The van der Waals surface area contributed by atoms with Gasteiger partial charge in [-0.05, 0) is 38.5 Å². The number of carbonyl (C=O) groups is 2. The number of unbranched alkanes of at least 4 members (excludes halogenated alkanes) is 16. The maximum absolute atomic E-state index is 12.3. The number of ether oxygens (including phenoxy) is 2. The van der Waals surface area contributed by atoms with Crippen molar-refractivity contribution in [3.05, 3.63) is 0 Å². The van der Waals surface area contributed by atoms with Crippen LogP contribution in [0.4, 0.5) is 0 Å². The van der Waals surface area contributed by atoms with Gasteiger partial charge in [0.15, 0.2) is 0 Å². The van der Waals surface area contributed by atoms with Crippen molar-refractivity contribution in [2.24, 2.45) is 0 Å². The van der Waals surface area contributed by atoms with Crippen LogP contribution in [0.25, 0.3) is 0 Å². The summed E-state index contributed by atoms with van der Waals surface area (Å²) in [6, 6.07) is 0. The van der Waals surface area contributed by atoms with Crippen LogP contribution in [0.3, 0.4) is 0 Å². The van der Waals surface area contributed by atoms with Crippen LogP contribution in [-0.4, -0.2) is 24.1 Å². The Morgan fingerprint density at radius 1 is 0.500 bits per heavy atom. The lowest BCUT2D eigenvalue weighted by Gasteiger charge is -2.30. The summed E-state index contributed by atoms with van der Waals surface area (Å²) in [6.45, 7) is 4.49. The maximum Gasteiger partial charge on any atom is 0.306 e. The molecule has 4 nitrogen and oxygen atoms in total. The molecule has 200 valence electrons. The lowest BCUT2D eigenvalue weighted by Crippen LogP contribution is -2.37. The second-order valence-electron chi connectivity index (χ2n) is 10.5. The highest BCUT2D eigenvalue weighted by atomic mass is 16.6. The number of hydrogen-bond acceptors (Lipinski definition) is 4. The highest BCUT2D eigenvalue weighted by Gasteiger charge is 2.31. The van der Waals surface area contributed by atoms with Crippen LogP contribution in [0, 0.1) is 0 Å². The number of esters is 2. The van der Waals surface area contributed by atoms with E-state index in [1.807, 2.05) is 0 Å². The summed E-state index contributed by atoms with van der Waals surface area (Å²) in [5.41, 5.74) is 0. The molecular weight excluding hydrogens is 424 g/mol. The molecule has 1 aliphatic carbocycles. The minimum atomic E-state index is -0.244. The largest absolute Gasteiger partial charge is 0.458 e. The Labute approximate surface area is 211 Å². The third-order valence-electron chi connectivity index (χ3n) is 7.18. The normalized spacial score (nSPS) is 18.1. The van der Waals surface area contributed by atoms with Gasteiger partial charge in [0.05, 0.1) is 0 Å². The second kappa shape index (κ2) is 22.4. The van der Waals surface area contributed by atoms with Crippen LogP contribution in [0.5, 0.6) is 0 Å². The lowest BCUT2D eigenvalue weighted by atomic mass is 9.94. The fourth-order valence-corrected chi connectivity index (χ4v) is 4.95. The van der Waals surface area contributed by atoms with E-state index in [9.17, 15) is 9.59 Å². The second-order valence-corrected chi connectivity index (χ2v) is 10.5. The van der Waals surface area contributed by atoms with E-state index in [4.69, 9.17) is 9.47 Å². The van der Waals surface area contributed by atoms with Gasteiger partial charge in [-0.1, -0.05) is 117 Å². The van der Waals surface area contributed by atoms with Crippen molar-refractivity contribution >= 4 is 11.9 Å². The summed E-state index contributed by atoms with van der Waals surface area (Å²) in [6.07, 6.45) is 26.5. The van der Waals surface area contributed by atoms with Crippen molar-refractivity contribution in [2.75, 3.05) is 0 Å². The van der Waals surface area contributed by atoms with E-state index in [0.717, 1.165) is 51.4 Å². The molecule has 0 aromatic rings. The Morgan fingerprint density at radius 2 is 0.794 bits per heavy atom. The van der Waals surface area contributed by atoms with Crippen LogP contribution < -0.4 is 0 Å². The first-order valence-electron chi connectivity index (χ1n) is 15.1. The van der Waals surface area contributed by atoms with Gasteiger partial charge in [-0.3, -0.25) is 9.59 Å². The van der Waals surface area contributed by atoms with Gasteiger partial charge < -0.3 is 9.47 Å². The molecule has 1 fully saturated rings. The van der Waals surface area contributed by atoms with Crippen LogP contribution in [0.2, 0.25) is 0 Å². The van der Waals surface area contributed by atoms with Gasteiger partial charge in [-0.15, -0.1) is 0 Å². The summed E-state index contributed by atoms with van der Waals surface area (Å²) < 4.78 is 11.5. The first-order chi connectivity index (χ1) is 16.7. The van der Waals surface area contributed by atoms with Gasteiger partial charge in [0.2, 0.25) is 0 Å². The molecule has 2 unspecified atom stereocenters. The summed E-state index contributed by atoms with van der Waals surface area (Å²) in [5, 5.41) is 0. The Morgan fingerprint density at radius 3 is 1.12 bits per heavy atom. The first-order valence-corrected chi connectivity index (χ1v) is 15.1. The summed E-state index contributed by atoms with van der Waals surface area (Å²) >= 11 is 0. The number of rotatable bonds is 22. The average Bonchev–Trinajstić information content (AvgIpc) is 2.83. The zero-order valence-electron chi connectivity index (χ0n) is 22.8. The molecule has 2 atom stereocenters. The lowest BCUT2D eigenvalue weighted by molar-refractivity contribution is -0.171. The third-order valence-corrected chi connectivity index (χ3v) is 7.18. The minimum Gasteiger partial charge on any atom is -0.458 e. The standard InChI is InChI=1S/C30H56O4/c1-3-5-7-9-11-13-15-17-19-25-29(31)33-27-23-21-22-24-28(27)34-30(32)26-20-18-16-14-12-10-8-6-4-2/h27-28H,3-26H2,1-2H3. The highest BCUT2D eigenvalue weighted by Crippen LogP contribution is 2.25. The molecule has 1 aliphatic rings. The number of hydrogen-bond donors (Lipinski definition) is 0. The van der Waals surface area contributed by atoms with E-state index in [1.54, 1.807) is 0 Å². The van der Waals surface area contributed by atoms with Crippen molar-refractivity contribution in [3.63, 3.8) is 0 Å². The molecule has 0 radical (unpaired) electrons. The number of carbonyl (C=O) groups excluding carboxylic acids is 2. The van der Waals surface area contributed by atoms with Crippen molar-refractivity contribution in [1.82, 2.24) is 0 Å². The topological polar surface area (TPSA) is 52.6 Å². The van der Waals surface area contributed by atoms with Gasteiger partial charge in [0.1, 0.15) is 12.2 Å². The first kappa shape index (κ1) is 31.0. The molecule has 0 saturated heterocycles. The van der Waals surface area contributed by atoms with Crippen molar-refractivity contribution < 1.29 is 19.1 Å². The zero-order valence-corrected chi connectivity index (χ0v) is 22.8. The zero-order chi connectivity index (χ0) is 24.7. The van der Waals surface area contributed by atoms with E-state index in [0.29, 0.717) is 12.8 Å². The van der Waals surface area contributed by atoms with Gasteiger partial charge in [-0.25, -0.2) is 0 Å². The SMILES string of the molecule is CCCCCCCCCCCC(=O)OC1CCCCC1OC(=O)CCCCCCCCCCC. The quantitative estimate of drug-likeness (QED) is 0.114. The highest BCUT2D eigenvalue weighted by molar-refractivity contribution is 5.70. The Bertz CT molecular complexity index is 446. The van der Waals surface area contributed by atoms with E-state index in [-0.39, 0.29) is 24.1 Å². The fourth-order valence-electron chi connectivity index (χ4n) is 4.95. The molecule has 34 heavy (non-hydrogen) atoms. The molecular formula is C30H56O4. The molecule has 4 heteroatoms. The average molecular weight is 481 g/mol. The van der Waals surface area contributed by atoms with Gasteiger partial charge >= 0.3 is 11.9 Å². The molecule has 1 rings (SSSR count). The fraction of sp³-hybridized carbons (Fsp3) is 0.933. The summed E-state index contributed by atoms with van der Waals surface area (Å²) in [5.74, 6) is -0.232. The molecule has 0 aliphatic heterocycles. The van der Waals surface area contributed by atoms with E-state index >= 15 is 0 Å². The van der Waals surface area contributed by atoms with Crippen molar-refractivity contribution in [2.45, 2.75) is 180 Å². The van der Waals surface area contributed by atoms with Crippen molar-refractivity contribution in [1.29, 1.82) is 0 Å². The van der Waals surface area contributed by atoms with Crippen LogP contribution in [0.15, 0.2) is 0 Å². The molecule has 0 amide bonds. The monoisotopic (exact) mass is 480 g/mol. The van der Waals surface area contributed by atoms with Gasteiger partial charge in [0, 0.05) is 12.8 Å². The minimum absolute atomic E-state index is 0.116. The predicted octanol–water partition coefficient (Wildman–Crippen LogP) is 9.23. The maximum atomic E-state index is 12.3. The van der Waals surface area contributed by atoms with Gasteiger partial charge in [-0.2, -0.15) is 0 Å². The molecule has 0 bridgehead atoms. The van der Waals surface area contributed by atoms with E-state index < -0.39 is 0 Å². The molecule has 0 aromatic carbocycles. The summed E-state index contributed by atoms with van der Waals surface area (Å²) in [7, 11) is 0. The van der Waals surface area contributed by atoms with Crippen LogP contribution in [-0.2, 0) is 19.1 Å². The van der Waals surface area contributed by atoms with Crippen LogP contribution >= 0.6 is 0 Å². The van der Waals surface area contributed by atoms with E-state index in [2.05, 4.69) is 13.8 Å². The van der Waals surface area contributed by atoms with Gasteiger partial charge in [0.25, 0.3) is 0 Å².